The maximum atomic E-state index is 11.6. The fraction of sp³-hybridized carbons (Fsp3) is 0.471. The maximum absolute atomic E-state index is 11.6. The van der Waals surface area contributed by atoms with Gasteiger partial charge >= 0.3 is 5.97 Å². The first kappa shape index (κ1) is 15.5. The Morgan fingerprint density at radius 2 is 1.78 bits per heavy atom. The largest absolute Gasteiger partial charge is 0.476 e. The van der Waals surface area contributed by atoms with Crippen molar-refractivity contribution in [1.29, 1.82) is 0 Å². The first-order chi connectivity index (χ1) is 11.1. The fourth-order valence-electron chi connectivity index (χ4n) is 2.98. The molecule has 0 bridgehead atoms. The Morgan fingerprint density at radius 1 is 1.09 bits per heavy atom. The molecule has 3 rings (SSSR count). The van der Waals surface area contributed by atoms with Gasteiger partial charge in [-0.2, -0.15) is 0 Å². The third-order valence-corrected chi connectivity index (χ3v) is 4.28. The predicted molar refractivity (Wildman–Crippen MR) is 88.5 cm³/mol. The Labute approximate surface area is 135 Å². The SMILES string of the molecule is Cc1ccc(C)c(-n2nc(C(=O)O)c(N3CCCCCC3)n2)c1. The van der Waals surface area contributed by atoms with E-state index in [1.807, 2.05) is 32.0 Å². The summed E-state index contributed by atoms with van der Waals surface area (Å²) in [6.07, 6.45) is 4.50. The van der Waals surface area contributed by atoms with Gasteiger partial charge in [-0.05, 0) is 43.9 Å². The van der Waals surface area contributed by atoms with Crippen molar-refractivity contribution < 1.29 is 9.90 Å². The van der Waals surface area contributed by atoms with E-state index in [9.17, 15) is 9.90 Å². The van der Waals surface area contributed by atoms with Gasteiger partial charge in [-0.1, -0.05) is 25.0 Å². The molecule has 0 amide bonds. The second kappa shape index (κ2) is 6.40. The summed E-state index contributed by atoms with van der Waals surface area (Å²) in [7, 11) is 0. The number of carboxylic acids is 1. The zero-order valence-electron chi connectivity index (χ0n) is 13.6. The van der Waals surface area contributed by atoms with Crippen molar-refractivity contribution in [2.24, 2.45) is 0 Å². The average molecular weight is 314 g/mol. The van der Waals surface area contributed by atoms with Gasteiger partial charge < -0.3 is 10.0 Å². The molecule has 1 fully saturated rings. The molecule has 2 aromatic rings. The van der Waals surface area contributed by atoms with Crippen LogP contribution in [-0.2, 0) is 0 Å². The minimum absolute atomic E-state index is 0.0350. The highest BCUT2D eigenvalue weighted by molar-refractivity contribution is 5.91. The summed E-state index contributed by atoms with van der Waals surface area (Å²) in [5, 5.41) is 18.3. The Kier molecular flexibility index (Phi) is 4.32. The molecule has 0 saturated carbocycles. The topological polar surface area (TPSA) is 71.2 Å². The first-order valence-corrected chi connectivity index (χ1v) is 8.09. The summed E-state index contributed by atoms with van der Waals surface area (Å²) >= 11 is 0. The Balaban J connectivity index is 2.04. The van der Waals surface area contributed by atoms with Crippen LogP contribution in [-0.4, -0.2) is 39.2 Å². The molecule has 1 saturated heterocycles. The molecule has 6 heteroatoms. The molecule has 0 aliphatic carbocycles. The Bertz CT molecular complexity index is 715. The van der Waals surface area contributed by atoms with Crippen LogP contribution in [0.25, 0.3) is 5.69 Å². The minimum Gasteiger partial charge on any atom is -0.476 e. The standard InChI is InChI=1S/C17H22N4O2/c1-12-7-8-13(2)14(11-12)21-18-15(17(22)23)16(19-21)20-9-5-3-4-6-10-20/h7-8,11H,3-6,9-10H2,1-2H3,(H,22,23). The minimum atomic E-state index is -1.03. The van der Waals surface area contributed by atoms with Crippen LogP contribution in [0.3, 0.4) is 0 Å². The van der Waals surface area contributed by atoms with E-state index < -0.39 is 5.97 Å². The molecule has 23 heavy (non-hydrogen) atoms. The number of carbonyl (C=O) groups is 1. The molecule has 0 atom stereocenters. The molecule has 0 radical (unpaired) electrons. The van der Waals surface area contributed by atoms with Gasteiger partial charge in [0.25, 0.3) is 0 Å². The lowest BCUT2D eigenvalue weighted by Gasteiger charge is -2.19. The van der Waals surface area contributed by atoms with Gasteiger partial charge in [0, 0.05) is 13.1 Å². The van der Waals surface area contributed by atoms with Crippen LogP contribution in [0.15, 0.2) is 18.2 Å². The van der Waals surface area contributed by atoms with Gasteiger partial charge in [0.2, 0.25) is 5.69 Å². The first-order valence-electron chi connectivity index (χ1n) is 8.09. The van der Waals surface area contributed by atoms with Gasteiger partial charge in [0.15, 0.2) is 5.82 Å². The summed E-state index contributed by atoms with van der Waals surface area (Å²) in [4.78, 5) is 15.1. The smallest absolute Gasteiger partial charge is 0.360 e. The van der Waals surface area contributed by atoms with Crippen LogP contribution in [0.5, 0.6) is 0 Å². The quantitative estimate of drug-likeness (QED) is 0.943. The third-order valence-electron chi connectivity index (χ3n) is 4.28. The monoisotopic (exact) mass is 314 g/mol. The predicted octanol–water partition coefficient (Wildman–Crippen LogP) is 2.96. The molecule has 0 spiro atoms. The summed E-state index contributed by atoms with van der Waals surface area (Å²) < 4.78 is 0. The van der Waals surface area contributed by atoms with Crippen molar-refractivity contribution in [2.75, 3.05) is 18.0 Å². The summed E-state index contributed by atoms with van der Waals surface area (Å²) in [6, 6.07) is 6.00. The highest BCUT2D eigenvalue weighted by Crippen LogP contribution is 2.23. The van der Waals surface area contributed by atoms with E-state index in [1.54, 1.807) is 0 Å². The summed E-state index contributed by atoms with van der Waals surface area (Å²) in [5.74, 6) is -0.541. The highest BCUT2D eigenvalue weighted by atomic mass is 16.4. The van der Waals surface area contributed by atoms with Crippen molar-refractivity contribution in [3.63, 3.8) is 0 Å². The average Bonchev–Trinajstić information content (AvgIpc) is 2.78. The normalized spacial score (nSPS) is 15.5. The molecule has 1 aliphatic heterocycles. The lowest BCUT2D eigenvalue weighted by atomic mass is 10.1. The molecule has 122 valence electrons. The van der Waals surface area contributed by atoms with Gasteiger partial charge in [-0.15, -0.1) is 15.0 Å². The zero-order valence-corrected chi connectivity index (χ0v) is 13.6. The summed E-state index contributed by atoms with van der Waals surface area (Å²) in [6.45, 7) is 5.65. The number of hydrogen-bond acceptors (Lipinski definition) is 4. The maximum Gasteiger partial charge on any atom is 0.360 e. The number of hydrogen-bond donors (Lipinski definition) is 1. The molecule has 6 nitrogen and oxygen atoms in total. The highest BCUT2D eigenvalue weighted by Gasteiger charge is 2.24. The summed E-state index contributed by atoms with van der Waals surface area (Å²) in [5.41, 5.74) is 2.97. The molecular formula is C17H22N4O2. The molecule has 0 unspecified atom stereocenters. The van der Waals surface area contributed by atoms with Crippen LogP contribution in [0.1, 0.15) is 47.3 Å². The van der Waals surface area contributed by atoms with Crippen molar-refractivity contribution in [2.45, 2.75) is 39.5 Å². The van der Waals surface area contributed by atoms with E-state index >= 15 is 0 Å². The van der Waals surface area contributed by atoms with Crippen LogP contribution in [0.4, 0.5) is 5.82 Å². The van der Waals surface area contributed by atoms with Crippen LogP contribution < -0.4 is 4.90 Å². The number of rotatable bonds is 3. The Hall–Kier alpha value is -2.37. The third kappa shape index (κ3) is 3.21. The van der Waals surface area contributed by atoms with E-state index in [-0.39, 0.29) is 5.69 Å². The van der Waals surface area contributed by atoms with Crippen molar-refractivity contribution in [3.8, 4) is 5.69 Å². The zero-order chi connectivity index (χ0) is 16.4. The van der Waals surface area contributed by atoms with E-state index in [2.05, 4.69) is 15.1 Å². The number of carboxylic acid groups (broad SMARTS) is 1. The van der Waals surface area contributed by atoms with E-state index in [0.29, 0.717) is 5.82 Å². The Morgan fingerprint density at radius 3 is 2.43 bits per heavy atom. The number of aryl methyl sites for hydroxylation is 2. The van der Waals surface area contributed by atoms with Crippen molar-refractivity contribution in [1.82, 2.24) is 15.0 Å². The van der Waals surface area contributed by atoms with Gasteiger partial charge in [0.1, 0.15) is 0 Å². The molecule has 2 heterocycles. The second-order valence-corrected chi connectivity index (χ2v) is 6.16. The van der Waals surface area contributed by atoms with Gasteiger partial charge in [-0.3, -0.25) is 0 Å². The van der Waals surface area contributed by atoms with Crippen molar-refractivity contribution >= 4 is 11.8 Å². The number of nitrogens with zero attached hydrogens (tertiary/aromatic N) is 4. The number of benzene rings is 1. The van der Waals surface area contributed by atoms with Crippen LogP contribution in [0, 0.1) is 13.8 Å². The van der Waals surface area contributed by atoms with Gasteiger partial charge in [-0.25, -0.2) is 4.79 Å². The number of aromatic carboxylic acids is 1. The molecule has 1 aromatic heterocycles. The number of anilines is 1. The molecule has 1 aromatic carbocycles. The van der Waals surface area contributed by atoms with Crippen molar-refractivity contribution in [3.05, 3.63) is 35.0 Å². The molecule has 1 N–H and O–H groups in total. The van der Waals surface area contributed by atoms with E-state index in [0.717, 1.165) is 42.7 Å². The molecule has 1 aliphatic rings. The van der Waals surface area contributed by atoms with Crippen LogP contribution >= 0.6 is 0 Å². The lowest BCUT2D eigenvalue weighted by Crippen LogP contribution is -2.26. The second-order valence-electron chi connectivity index (χ2n) is 6.16. The molecular weight excluding hydrogens is 292 g/mol. The van der Waals surface area contributed by atoms with Crippen LogP contribution in [0.2, 0.25) is 0 Å². The fourth-order valence-corrected chi connectivity index (χ4v) is 2.98. The van der Waals surface area contributed by atoms with E-state index in [4.69, 9.17) is 0 Å². The number of aromatic nitrogens is 3. The van der Waals surface area contributed by atoms with Gasteiger partial charge in [0.05, 0.1) is 5.69 Å². The van der Waals surface area contributed by atoms with E-state index in [1.165, 1.54) is 17.6 Å². The lowest BCUT2D eigenvalue weighted by molar-refractivity contribution is 0.0690.